The number of aryl methyl sites for hydroxylation is 1. The third kappa shape index (κ3) is 5.91. The number of amides is 1. The minimum Gasteiger partial charge on any atom is -0.341 e. The quantitative estimate of drug-likeness (QED) is 0.249. The van der Waals surface area contributed by atoms with Crippen molar-refractivity contribution in [2.24, 2.45) is 10.9 Å². The molecule has 186 valence electrons. The maximum Gasteiger partial charge on any atom is 0.223 e. The van der Waals surface area contributed by atoms with Gasteiger partial charge < -0.3 is 9.88 Å². The molecule has 0 aliphatic carbocycles. The minimum atomic E-state index is 0.188. The summed E-state index contributed by atoms with van der Waals surface area (Å²) in [5.74, 6) is 1.35. The number of hydrogen-bond acceptors (Lipinski definition) is 3. The monoisotopic (exact) mass is 480 g/mol. The molecule has 0 aliphatic heterocycles. The predicted octanol–water partition coefficient (Wildman–Crippen LogP) is 7.71. The van der Waals surface area contributed by atoms with Gasteiger partial charge in [-0.05, 0) is 71.8 Å². The number of aliphatic imine (C=N–C) groups is 1. The van der Waals surface area contributed by atoms with Crippen molar-refractivity contribution < 1.29 is 4.79 Å². The molecule has 5 heteroatoms. The Labute approximate surface area is 214 Å². The van der Waals surface area contributed by atoms with Crippen molar-refractivity contribution in [3.63, 3.8) is 0 Å². The van der Waals surface area contributed by atoms with Crippen molar-refractivity contribution in [2.45, 2.75) is 54.0 Å². The van der Waals surface area contributed by atoms with Crippen LogP contribution < -0.4 is 0 Å². The maximum atomic E-state index is 12.6. The summed E-state index contributed by atoms with van der Waals surface area (Å²) in [6.45, 7) is 11.5. The molecule has 0 aliphatic rings. The standard InChI is InChI=1S/C31H36N4O/c1-6-14-35(31(36)15-21(3)4)20-30-33-19-29(34-30)27-13-12-23-16-24(10-11-25(23)17-27)26-9-8-22(5)28(18-26)32-7-2/h7-13,16-19,21H,6,14-15,20H2,1-5H3,(H,33,34). The minimum absolute atomic E-state index is 0.188. The van der Waals surface area contributed by atoms with E-state index in [0.29, 0.717) is 18.9 Å². The van der Waals surface area contributed by atoms with Crippen molar-refractivity contribution in [3.05, 3.63) is 72.2 Å². The van der Waals surface area contributed by atoms with E-state index >= 15 is 0 Å². The zero-order valence-electron chi connectivity index (χ0n) is 22.0. The fraction of sp³-hybridized carbons (Fsp3) is 0.323. The van der Waals surface area contributed by atoms with Crippen molar-refractivity contribution >= 4 is 28.6 Å². The lowest BCUT2D eigenvalue weighted by Crippen LogP contribution is -2.32. The van der Waals surface area contributed by atoms with Gasteiger partial charge in [-0.15, -0.1) is 0 Å². The molecule has 0 radical (unpaired) electrons. The number of H-pyrrole nitrogens is 1. The number of fused-ring (bicyclic) bond motifs is 1. The maximum absolute atomic E-state index is 12.6. The molecule has 1 amide bonds. The van der Waals surface area contributed by atoms with Gasteiger partial charge in [0.15, 0.2) is 0 Å². The van der Waals surface area contributed by atoms with Crippen LogP contribution in [0.5, 0.6) is 0 Å². The Morgan fingerprint density at radius 2 is 1.69 bits per heavy atom. The number of rotatable bonds is 9. The number of aromatic amines is 1. The van der Waals surface area contributed by atoms with Crippen LogP contribution in [0.1, 0.15) is 51.9 Å². The van der Waals surface area contributed by atoms with Gasteiger partial charge in [0.05, 0.1) is 24.1 Å². The van der Waals surface area contributed by atoms with Gasteiger partial charge in [0.2, 0.25) is 5.91 Å². The number of nitrogens with one attached hydrogen (secondary N) is 1. The molecule has 4 aromatic rings. The van der Waals surface area contributed by atoms with Gasteiger partial charge in [-0.25, -0.2) is 4.98 Å². The van der Waals surface area contributed by atoms with E-state index in [1.807, 2.05) is 24.2 Å². The lowest BCUT2D eigenvalue weighted by Gasteiger charge is -2.22. The van der Waals surface area contributed by atoms with E-state index in [1.165, 1.54) is 21.9 Å². The summed E-state index contributed by atoms with van der Waals surface area (Å²) in [6, 6.07) is 19.4. The van der Waals surface area contributed by atoms with Crippen LogP contribution in [0.2, 0.25) is 0 Å². The SMILES string of the molecule is CC=Nc1cc(-c2ccc3cc(-c4cnc(CN(CCC)C(=O)CC(C)C)[nH]4)ccc3c2)ccc1C. The van der Waals surface area contributed by atoms with Crippen molar-refractivity contribution in [3.8, 4) is 22.4 Å². The van der Waals surface area contributed by atoms with Gasteiger partial charge in [0, 0.05) is 24.7 Å². The molecular weight excluding hydrogens is 444 g/mol. The second kappa shape index (κ2) is 11.3. The molecule has 0 bridgehead atoms. The number of hydrogen-bond donors (Lipinski definition) is 1. The molecule has 36 heavy (non-hydrogen) atoms. The largest absolute Gasteiger partial charge is 0.341 e. The van der Waals surface area contributed by atoms with Gasteiger partial charge in [-0.3, -0.25) is 9.79 Å². The highest BCUT2D eigenvalue weighted by Crippen LogP contribution is 2.31. The van der Waals surface area contributed by atoms with Crippen LogP contribution in [-0.4, -0.2) is 33.5 Å². The Morgan fingerprint density at radius 1 is 1.03 bits per heavy atom. The summed E-state index contributed by atoms with van der Waals surface area (Å²) >= 11 is 0. The second-order valence-electron chi connectivity index (χ2n) is 9.82. The van der Waals surface area contributed by atoms with Crippen molar-refractivity contribution in [2.75, 3.05) is 6.54 Å². The second-order valence-corrected chi connectivity index (χ2v) is 9.82. The third-order valence-electron chi connectivity index (χ3n) is 6.36. The van der Waals surface area contributed by atoms with E-state index < -0.39 is 0 Å². The van der Waals surface area contributed by atoms with Gasteiger partial charge >= 0.3 is 0 Å². The summed E-state index contributed by atoms with van der Waals surface area (Å²) in [5, 5.41) is 2.36. The Hall–Kier alpha value is -3.73. The lowest BCUT2D eigenvalue weighted by molar-refractivity contribution is -0.132. The highest BCUT2D eigenvalue weighted by Gasteiger charge is 2.16. The highest BCUT2D eigenvalue weighted by atomic mass is 16.2. The fourth-order valence-electron chi connectivity index (χ4n) is 4.47. The molecule has 0 unspecified atom stereocenters. The summed E-state index contributed by atoms with van der Waals surface area (Å²) in [4.78, 5) is 27.1. The number of nitrogens with zero attached hydrogens (tertiary/aromatic N) is 3. The molecule has 4 rings (SSSR count). The van der Waals surface area contributed by atoms with Crippen molar-refractivity contribution in [1.29, 1.82) is 0 Å². The smallest absolute Gasteiger partial charge is 0.223 e. The van der Waals surface area contributed by atoms with Gasteiger partial charge in [-0.1, -0.05) is 57.2 Å². The molecule has 0 atom stereocenters. The van der Waals surface area contributed by atoms with E-state index in [1.54, 1.807) is 0 Å². The first-order valence-corrected chi connectivity index (χ1v) is 12.8. The third-order valence-corrected chi connectivity index (χ3v) is 6.36. The zero-order valence-corrected chi connectivity index (χ0v) is 22.0. The summed E-state index contributed by atoms with van der Waals surface area (Å²) < 4.78 is 0. The van der Waals surface area contributed by atoms with Crippen LogP contribution in [0.3, 0.4) is 0 Å². The summed E-state index contributed by atoms with van der Waals surface area (Å²) in [5.41, 5.74) is 6.55. The fourth-order valence-corrected chi connectivity index (χ4v) is 4.47. The van der Waals surface area contributed by atoms with E-state index in [-0.39, 0.29) is 5.91 Å². The summed E-state index contributed by atoms with van der Waals surface area (Å²) in [7, 11) is 0. The van der Waals surface area contributed by atoms with Gasteiger partial charge in [0.1, 0.15) is 5.82 Å². The molecule has 1 heterocycles. The van der Waals surface area contributed by atoms with Gasteiger partial charge in [-0.2, -0.15) is 0 Å². The molecule has 0 saturated heterocycles. The highest BCUT2D eigenvalue weighted by molar-refractivity contribution is 5.90. The zero-order chi connectivity index (χ0) is 25.7. The average Bonchev–Trinajstić information content (AvgIpc) is 3.33. The van der Waals surface area contributed by atoms with E-state index in [9.17, 15) is 4.79 Å². The molecule has 1 N–H and O–H groups in total. The number of imidazole rings is 1. The normalized spacial score (nSPS) is 11.6. The van der Waals surface area contributed by atoms with Crippen LogP contribution in [0, 0.1) is 12.8 Å². The Bertz CT molecular complexity index is 1380. The molecule has 1 aromatic heterocycles. The van der Waals surface area contributed by atoms with Crippen LogP contribution in [0.4, 0.5) is 5.69 Å². The molecular formula is C31H36N4O. The summed E-state index contributed by atoms with van der Waals surface area (Å²) in [6.07, 6.45) is 5.19. The molecule has 0 saturated carbocycles. The van der Waals surface area contributed by atoms with Crippen molar-refractivity contribution in [1.82, 2.24) is 14.9 Å². The first-order chi connectivity index (χ1) is 17.4. The molecule has 5 nitrogen and oxygen atoms in total. The van der Waals surface area contributed by atoms with Crippen LogP contribution in [0.15, 0.2) is 65.8 Å². The molecule has 3 aromatic carbocycles. The van der Waals surface area contributed by atoms with E-state index in [0.717, 1.165) is 41.3 Å². The van der Waals surface area contributed by atoms with Crippen LogP contribution in [-0.2, 0) is 11.3 Å². The number of aromatic nitrogens is 2. The Balaban J connectivity index is 1.55. The number of carbonyl (C=O) groups excluding carboxylic acids is 1. The lowest BCUT2D eigenvalue weighted by atomic mass is 9.98. The predicted molar refractivity (Wildman–Crippen MR) is 151 cm³/mol. The average molecular weight is 481 g/mol. The van der Waals surface area contributed by atoms with Gasteiger partial charge in [0.25, 0.3) is 0 Å². The topological polar surface area (TPSA) is 61.4 Å². The number of benzene rings is 3. The Morgan fingerprint density at radius 3 is 2.39 bits per heavy atom. The van der Waals surface area contributed by atoms with E-state index in [2.05, 4.69) is 97.3 Å². The molecule has 0 fully saturated rings. The first-order valence-electron chi connectivity index (χ1n) is 12.8. The molecule has 0 spiro atoms. The Kier molecular flexibility index (Phi) is 7.99. The number of carbonyl (C=O) groups is 1. The van der Waals surface area contributed by atoms with Crippen LogP contribution in [0.25, 0.3) is 33.2 Å². The first kappa shape index (κ1) is 25.4. The van der Waals surface area contributed by atoms with Crippen LogP contribution >= 0.6 is 0 Å². The van der Waals surface area contributed by atoms with E-state index in [4.69, 9.17) is 0 Å².